The third kappa shape index (κ3) is 2.50. The molecular weight excluding hydrogens is 236 g/mol. The number of hydrogen-bond donors (Lipinski definition) is 4. The summed E-state index contributed by atoms with van der Waals surface area (Å²) in [4.78, 5) is 4.12. The second-order valence-corrected chi connectivity index (χ2v) is 3.71. The molecule has 18 heavy (non-hydrogen) atoms. The van der Waals surface area contributed by atoms with Crippen LogP contribution in [0.25, 0.3) is 5.65 Å². The summed E-state index contributed by atoms with van der Waals surface area (Å²) in [5.41, 5.74) is 9.84. The number of aliphatic hydroxyl groups excluding tert-OH is 2. The molecule has 2 aromatic heterocycles. The van der Waals surface area contributed by atoms with Crippen LogP contribution in [-0.4, -0.2) is 56.1 Å². The summed E-state index contributed by atoms with van der Waals surface area (Å²) in [6.07, 6.45) is 3.14. The lowest BCUT2D eigenvalue weighted by atomic mass is 10.5. The van der Waals surface area contributed by atoms with Crippen molar-refractivity contribution in [1.29, 1.82) is 0 Å². The van der Waals surface area contributed by atoms with Gasteiger partial charge in [0, 0.05) is 25.4 Å². The second-order valence-electron chi connectivity index (χ2n) is 3.71. The van der Waals surface area contributed by atoms with E-state index in [1.807, 2.05) is 0 Å². The van der Waals surface area contributed by atoms with E-state index in [1.165, 1.54) is 6.20 Å². The molecule has 0 aromatic carbocycles. The van der Waals surface area contributed by atoms with Gasteiger partial charge in [-0.2, -0.15) is 9.61 Å². The van der Waals surface area contributed by atoms with Crippen molar-refractivity contribution in [2.75, 3.05) is 37.5 Å². The molecule has 0 saturated heterocycles. The first-order chi connectivity index (χ1) is 8.76. The topological polar surface area (TPSA) is 112 Å². The van der Waals surface area contributed by atoms with Crippen LogP contribution in [0.4, 0.5) is 11.5 Å². The molecule has 8 heteroatoms. The van der Waals surface area contributed by atoms with E-state index >= 15 is 0 Å². The van der Waals surface area contributed by atoms with Crippen molar-refractivity contribution in [3.05, 3.63) is 18.5 Å². The number of rotatable bonds is 6. The maximum atomic E-state index is 8.94. The largest absolute Gasteiger partial charge is 0.395 e. The monoisotopic (exact) mass is 252 g/mol. The molecule has 0 unspecified atom stereocenters. The van der Waals surface area contributed by atoms with Crippen LogP contribution < -0.4 is 11.2 Å². The van der Waals surface area contributed by atoms with Gasteiger partial charge in [0.2, 0.25) is 0 Å². The molecule has 5 N–H and O–H groups in total. The second kappa shape index (κ2) is 5.63. The fourth-order valence-electron chi connectivity index (χ4n) is 1.62. The maximum Gasteiger partial charge on any atom is 0.180 e. The number of aromatic nitrogens is 3. The van der Waals surface area contributed by atoms with Crippen LogP contribution in [0.5, 0.6) is 0 Å². The van der Waals surface area contributed by atoms with Gasteiger partial charge in [0.15, 0.2) is 5.65 Å². The molecule has 0 aliphatic rings. The fraction of sp³-hybridized carbons (Fsp3) is 0.400. The molecule has 0 fully saturated rings. The zero-order valence-corrected chi connectivity index (χ0v) is 9.82. The van der Waals surface area contributed by atoms with Crippen molar-refractivity contribution in [3.8, 4) is 0 Å². The van der Waals surface area contributed by atoms with Crippen LogP contribution in [0.3, 0.4) is 0 Å². The molecule has 0 amide bonds. The van der Waals surface area contributed by atoms with Gasteiger partial charge in [0.25, 0.3) is 0 Å². The smallest absolute Gasteiger partial charge is 0.180 e. The van der Waals surface area contributed by atoms with E-state index in [-0.39, 0.29) is 13.2 Å². The first kappa shape index (κ1) is 12.6. The molecule has 2 rings (SSSR count). The lowest BCUT2D eigenvalue weighted by molar-refractivity contribution is 0.182. The highest BCUT2D eigenvalue weighted by Crippen LogP contribution is 2.15. The summed E-state index contributed by atoms with van der Waals surface area (Å²) in [5, 5.41) is 23.7. The predicted molar refractivity (Wildman–Crippen MR) is 66.8 cm³/mol. The van der Waals surface area contributed by atoms with E-state index in [4.69, 9.17) is 15.9 Å². The van der Waals surface area contributed by atoms with Gasteiger partial charge in [-0.1, -0.05) is 0 Å². The van der Waals surface area contributed by atoms with Crippen molar-refractivity contribution in [3.63, 3.8) is 0 Å². The number of nitrogen functional groups attached to an aromatic ring is 1. The van der Waals surface area contributed by atoms with Gasteiger partial charge in [0.1, 0.15) is 5.82 Å². The van der Waals surface area contributed by atoms with Gasteiger partial charge < -0.3 is 21.4 Å². The quantitative estimate of drug-likeness (QED) is 0.484. The van der Waals surface area contributed by atoms with E-state index < -0.39 is 0 Å². The van der Waals surface area contributed by atoms with Gasteiger partial charge in [-0.25, -0.2) is 9.99 Å². The van der Waals surface area contributed by atoms with Crippen molar-refractivity contribution in [2.24, 2.45) is 0 Å². The van der Waals surface area contributed by atoms with Gasteiger partial charge in [-0.05, 0) is 0 Å². The molecule has 0 atom stereocenters. The zero-order valence-electron chi connectivity index (χ0n) is 9.82. The number of anilines is 2. The zero-order chi connectivity index (χ0) is 13.0. The molecule has 0 saturated carbocycles. The molecule has 98 valence electrons. The standard InChI is InChI=1S/C10H16N6O2/c11-8-7-13-16-9(1-2-12-10(8)16)14-15(3-5-17)4-6-18/h1-2,7,14,17-18H,3-6,11H2. The van der Waals surface area contributed by atoms with Gasteiger partial charge in [-0.3, -0.25) is 0 Å². The lowest BCUT2D eigenvalue weighted by Gasteiger charge is -2.22. The molecule has 0 spiro atoms. The Morgan fingerprint density at radius 2 is 2.06 bits per heavy atom. The summed E-state index contributed by atoms with van der Waals surface area (Å²) in [5.74, 6) is 0.665. The summed E-state index contributed by atoms with van der Waals surface area (Å²) in [7, 11) is 0. The Bertz CT molecular complexity index is 508. The Morgan fingerprint density at radius 1 is 1.33 bits per heavy atom. The number of nitrogens with zero attached hydrogens (tertiary/aromatic N) is 4. The average Bonchev–Trinajstić information content (AvgIpc) is 2.73. The van der Waals surface area contributed by atoms with Crippen molar-refractivity contribution < 1.29 is 10.2 Å². The molecule has 2 aromatic rings. The van der Waals surface area contributed by atoms with Crippen molar-refractivity contribution in [1.82, 2.24) is 19.6 Å². The third-order valence-corrected chi connectivity index (χ3v) is 2.44. The Balaban J connectivity index is 2.24. The summed E-state index contributed by atoms with van der Waals surface area (Å²) in [6.45, 7) is 0.757. The van der Waals surface area contributed by atoms with E-state index in [1.54, 1.807) is 21.8 Å². The number of aliphatic hydroxyl groups is 2. The first-order valence-electron chi connectivity index (χ1n) is 5.58. The minimum Gasteiger partial charge on any atom is -0.395 e. The fourth-order valence-corrected chi connectivity index (χ4v) is 1.62. The summed E-state index contributed by atoms with van der Waals surface area (Å²) < 4.78 is 1.57. The SMILES string of the molecule is Nc1cnn2c(NN(CCO)CCO)ccnc12. The molecule has 0 aliphatic heterocycles. The lowest BCUT2D eigenvalue weighted by Crippen LogP contribution is -2.35. The summed E-state index contributed by atoms with van der Waals surface area (Å²) in [6, 6.07) is 1.74. The highest BCUT2D eigenvalue weighted by atomic mass is 16.3. The average molecular weight is 252 g/mol. The van der Waals surface area contributed by atoms with Crippen LogP contribution in [0, 0.1) is 0 Å². The molecule has 2 heterocycles. The number of hydrogen-bond acceptors (Lipinski definition) is 7. The first-order valence-corrected chi connectivity index (χ1v) is 5.58. The Kier molecular flexibility index (Phi) is 3.92. The number of hydrazine groups is 1. The molecule has 0 radical (unpaired) electrons. The molecule has 0 aliphatic carbocycles. The number of nitrogens with two attached hydrogens (primary N) is 1. The predicted octanol–water partition coefficient (Wildman–Crippen LogP) is -1.07. The van der Waals surface area contributed by atoms with Gasteiger partial charge in [-0.15, -0.1) is 0 Å². The molecule has 8 nitrogen and oxygen atoms in total. The van der Waals surface area contributed by atoms with E-state index in [0.29, 0.717) is 30.2 Å². The Morgan fingerprint density at radius 3 is 2.72 bits per heavy atom. The van der Waals surface area contributed by atoms with Crippen LogP contribution in [0.1, 0.15) is 0 Å². The summed E-state index contributed by atoms with van der Waals surface area (Å²) >= 11 is 0. The normalized spacial score (nSPS) is 11.3. The highest BCUT2D eigenvalue weighted by molar-refractivity contribution is 5.65. The molecular formula is C10H16N6O2. The van der Waals surface area contributed by atoms with E-state index in [0.717, 1.165) is 0 Å². The Labute approximate surface area is 104 Å². The van der Waals surface area contributed by atoms with Gasteiger partial charge in [0.05, 0.1) is 25.1 Å². The van der Waals surface area contributed by atoms with Crippen LogP contribution >= 0.6 is 0 Å². The van der Waals surface area contributed by atoms with Crippen LogP contribution in [-0.2, 0) is 0 Å². The highest BCUT2D eigenvalue weighted by Gasteiger charge is 2.09. The minimum atomic E-state index is -0.0114. The maximum absolute atomic E-state index is 8.94. The van der Waals surface area contributed by atoms with Crippen LogP contribution in [0.15, 0.2) is 18.5 Å². The van der Waals surface area contributed by atoms with Crippen molar-refractivity contribution in [2.45, 2.75) is 0 Å². The minimum absolute atomic E-state index is 0.0114. The van der Waals surface area contributed by atoms with E-state index in [2.05, 4.69) is 15.5 Å². The van der Waals surface area contributed by atoms with E-state index in [9.17, 15) is 0 Å². The molecule has 0 bridgehead atoms. The third-order valence-electron chi connectivity index (χ3n) is 2.44. The van der Waals surface area contributed by atoms with Crippen LogP contribution in [0.2, 0.25) is 0 Å². The Hall–Kier alpha value is -1.90. The number of nitrogens with one attached hydrogen (secondary N) is 1. The van der Waals surface area contributed by atoms with Crippen molar-refractivity contribution >= 4 is 17.2 Å². The van der Waals surface area contributed by atoms with Gasteiger partial charge >= 0.3 is 0 Å². The number of fused-ring (bicyclic) bond motifs is 1.